The molecule has 33 heavy (non-hydrogen) atoms. The van der Waals surface area contributed by atoms with Gasteiger partial charge in [0.15, 0.2) is 0 Å². The zero-order valence-electron chi connectivity index (χ0n) is 17.5. The topological polar surface area (TPSA) is 117 Å². The lowest BCUT2D eigenvalue weighted by molar-refractivity contribution is -0.192. The van der Waals surface area contributed by atoms with Gasteiger partial charge in [-0.1, -0.05) is 0 Å². The van der Waals surface area contributed by atoms with Crippen LogP contribution in [-0.4, -0.2) is 80.0 Å². The van der Waals surface area contributed by atoms with Crippen LogP contribution in [0.25, 0.3) is 0 Å². The van der Waals surface area contributed by atoms with Gasteiger partial charge in [0.25, 0.3) is 11.8 Å². The number of amides is 2. The summed E-state index contributed by atoms with van der Waals surface area (Å²) in [4.78, 5) is 50.2. The smallest absolute Gasteiger partial charge is 0.475 e. The molecule has 1 N–H and O–H groups in total. The number of piperidine rings is 1. The number of hydrogen-bond acceptors (Lipinski definition) is 6. The number of pyridine rings is 1. The molecule has 0 saturated carbocycles. The molecule has 9 nitrogen and oxygen atoms in total. The molecule has 2 aliphatic rings. The second-order valence-corrected chi connectivity index (χ2v) is 7.94. The first-order chi connectivity index (χ1) is 15.6. The third kappa shape index (κ3) is 6.02. The highest BCUT2D eigenvalue weighted by atomic mass is 19.4. The van der Waals surface area contributed by atoms with Gasteiger partial charge in [0.05, 0.1) is 6.20 Å². The summed E-state index contributed by atoms with van der Waals surface area (Å²) in [7, 11) is 0. The van der Waals surface area contributed by atoms with Gasteiger partial charge in [0.2, 0.25) is 0 Å². The van der Waals surface area contributed by atoms with Crippen LogP contribution in [0.4, 0.5) is 13.2 Å². The van der Waals surface area contributed by atoms with Crippen molar-refractivity contribution in [3.8, 4) is 0 Å². The highest BCUT2D eigenvalue weighted by molar-refractivity contribution is 5.94. The van der Waals surface area contributed by atoms with Gasteiger partial charge in [-0.15, -0.1) is 0 Å². The Hall–Kier alpha value is -3.57. The van der Waals surface area contributed by atoms with Crippen LogP contribution < -0.4 is 0 Å². The van der Waals surface area contributed by atoms with Gasteiger partial charge in [0, 0.05) is 61.9 Å². The minimum atomic E-state index is -5.08. The molecule has 2 saturated heterocycles. The third-order valence-corrected chi connectivity index (χ3v) is 5.63. The number of carboxylic acid groups (broad SMARTS) is 1. The van der Waals surface area contributed by atoms with Crippen LogP contribution in [-0.2, 0) is 4.79 Å². The number of hydrogen-bond donors (Lipinski definition) is 1. The van der Waals surface area contributed by atoms with E-state index in [0.717, 1.165) is 32.4 Å². The van der Waals surface area contributed by atoms with E-state index in [2.05, 4.69) is 15.0 Å². The number of carbonyl (C=O) groups is 3. The van der Waals surface area contributed by atoms with Crippen LogP contribution in [0.1, 0.15) is 40.1 Å². The van der Waals surface area contributed by atoms with Crippen LogP contribution in [0, 0.1) is 5.41 Å². The van der Waals surface area contributed by atoms with Gasteiger partial charge >= 0.3 is 12.1 Å². The lowest BCUT2D eigenvalue weighted by Gasteiger charge is -2.40. The normalized spacial score (nSPS) is 20.2. The summed E-state index contributed by atoms with van der Waals surface area (Å²) in [6.45, 7) is 2.82. The van der Waals surface area contributed by atoms with E-state index >= 15 is 0 Å². The molecular formula is C21H22F3N5O4. The maximum atomic E-state index is 12.7. The fraction of sp³-hybridized carbons (Fsp3) is 0.429. The number of aromatic nitrogens is 3. The number of halogens is 3. The van der Waals surface area contributed by atoms with Crippen molar-refractivity contribution in [2.75, 3.05) is 26.2 Å². The van der Waals surface area contributed by atoms with Gasteiger partial charge in [0.1, 0.15) is 5.69 Å². The Balaban J connectivity index is 0.000000383. The Morgan fingerprint density at radius 1 is 0.909 bits per heavy atom. The number of likely N-dealkylation sites (tertiary alicyclic amines) is 2. The molecule has 4 rings (SSSR count). The largest absolute Gasteiger partial charge is 0.490 e. The molecule has 176 valence electrons. The zero-order valence-corrected chi connectivity index (χ0v) is 17.5. The van der Waals surface area contributed by atoms with Crippen LogP contribution in [0.2, 0.25) is 0 Å². The number of alkyl halides is 3. The Morgan fingerprint density at radius 2 is 1.55 bits per heavy atom. The molecule has 2 amide bonds. The standard InChI is InChI=1S/C19H21N5O2.C2HF3O2/c25-17(15-2-6-20-7-3-15)24-11-5-19(14-24)4-1-10-23(13-19)18(26)16-12-21-8-9-22-16;3-2(4,5)1(6)7/h2-3,6-9,12H,1,4-5,10-11,13-14H2;(H,6,7). The summed E-state index contributed by atoms with van der Waals surface area (Å²) < 4.78 is 31.7. The zero-order chi connectivity index (χ0) is 24.1. The van der Waals surface area contributed by atoms with Crippen molar-refractivity contribution in [1.29, 1.82) is 0 Å². The SMILES string of the molecule is O=C(O)C(F)(F)F.O=C(c1ccncc1)N1CCC2(CCCN(C(=O)c3cnccn3)C2)C1. The fourth-order valence-electron chi connectivity index (χ4n) is 4.07. The predicted octanol–water partition coefficient (Wildman–Crippen LogP) is 2.27. The summed E-state index contributed by atoms with van der Waals surface area (Å²) in [5.41, 5.74) is 1.03. The molecule has 1 unspecified atom stereocenters. The first-order valence-electron chi connectivity index (χ1n) is 10.2. The van der Waals surface area contributed by atoms with Crippen LogP contribution in [0.15, 0.2) is 43.1 Å². The van der Waals surface area contributed by atoms with Crippen LogP contribution in [0.5, 0.6) is 0 Å². The van der Waals surface area contributed by atoms with E-state index in [-0.39, 0.29) is 17.2 Å². The summed E-state index contributed by atoms with van der Waals surface area (Å²) in [6, 6.07) is 3.50. The van der Waals surface area contributed by atoms with E-state index in [9.17, 15) is 22.8 Å². The second kappa shape index (κ2) is 9.92. The Morgan fingerprint density at radius 3 is 2.12 bits per heavy atom. The van der Waals surface area contributed by atoms with Crippen LogP contribution in [0.3, 0.4) is 0 Å². The Labute approximate surface area is 187 Å². The van der Waals surface area contributed by atoms with Crippen molar-refractivity contribution in [2.45, 2.75) is 25.4 Å². The number of rotatable bonds is 2. The molecule has 2 aromatic heterocycles. The molecule has 1 atom stereocenters. The number of carboxylic acids is 1. The van der Waals surface area contributed by atoms with E-state index in [1.807, 2.05) is 9.80 Å². The van der Waals surface area contributed by atoms with Gasteiger partial charge in [-0.3, -0.25) is 19.6 Å². The summed E-state index contributed by atoms with van der Waals surface area (Å²) in [5.74, 6) is -2.79. The molecule has 4 heterocycles. The maximum Gasteiger partial charge on any atom is 0.490 e. The Kier molecular flexibility index (Phi) is 7.24. The van der Waals surface area contributed by atoms with E-state index in [4.69, 9.17) is 9.90 Å². The van der Waals surface area contributed by atoms with Crippen LogP contribution >= 0.6 is 0 Å². The highest BCUT2D eigenvalue weighted by Gasteiger charge is 2.44. The molecule has 12 heteroatoms. The number of nitrogens with zero attached hydrogens (tertiary/aromatic N) is 5. The monoisotopic (exact) mass is 465 g/mol. The van der Waals surface area contributed by atoms with Gasteiger partial charge < -0.3 is 14.9 Å². The molecule has 2 fully saturated rings. The molecule has 0 aliphatic carbocycles. The van der Waals surface area contributed by atoms with Crippen molar-refractivity contribution in [3.63, 3.8) is 0 Å². The van der Waals surface area contributed by atoms with E-state index < -0.39 is 12.1 Å². The maximum absolute atomic E-state index is 12.7. The second-order valence-electron chi connectivity index (χ2n) is 7.94. The molecular weight excluding hydrogens is 443 g/mol. The number of aliphatic carboxylic acids is 1. The van der Waals surface area contributed by atoms with Crippen molar-refractivity contribution >= 4 is 17.8 Å². The first-order valence-corrected chi connectivity index (χ1v) is 10.2. The molecule has 0 aromatic carbocycles. The predicted molar refractivity (Wildman–Crippen MR) is 108 cm³/mol. The lowest BCUT2D eigenvalue weighted by Crippen LogP contribution is -2.48. The van der Waals surface area contributed by atoms with E-state index in [0.29, 0.717) is 24.3 Å². The molecule has 0 bridgehead atoms. The summed E-state index contributed by atoms with van der Waals surface area (Å²) in [5, 5.41) is 7.12. The van der Waals surface area contributed by atoms with Gasteiger partial charge in [-0.25, -0.2) is 9.78 Å². The van der Waals surface area contributed by atoms with Crippen molar-refractivity contribution in [2.24, 2.45) is 5.41 Å². The average Bonchev–Trinajstić information content (AvgIpc) is 3.22. The average molecular weight is 465 g/mol. The minimum absolute atomic E-state index is 0.0151. The van der Waals surface area contributed by atoms with E-state index in [1.165, 1.54) is 12.4 Å². The first kappa shape index (κ1) is 24.1. The van der Waals surface area contributed by atoms with Crippen molar-refractivity contribution in [1.82, 2.24) is 24.8 Å². The molecule has 1 spiro atoms. The lowest BCUT2D eigenvalue weighted by atomic mass is 9.79. The summed E-state index contributed by atoms with van der Waals surface area (Å²) >= 11 is 0. The van der Waals surface area contributed by atoms with Gasteiger partial charge in [-0.05, 0) is 31.4 Å². The van der Waals surface area contributed by atoms with Crippen molar-refractivity contribution < 1.29 is 32.7 Å². The molecule has 0 radical (unpaired) electrons. The third-order valence-electron chi connectivity index (χ3n) is 5.63. The van der Waals surface area contributed by atoms with Crippen molar-refractivity contribution in [3.05, 3.63) is 54.4 Å². The van der Waals surface area contributed by atoms with E-state index in [1.54, 1.807) is 30.7 Å². The fourth-order valence-corrected chi connectivity index (χ4v) is 4.07. The number of carbonyl (C=O) groups excluding carboxylic acids is 2. The molecule has 2 aromatic rings. The quantitative estimate of drug-likeness (QED) is 0.723. The molecule has 2 aliphatic heterocycles. The minimum Gasteiger partial charge on any atom is -0.475 e. The van der Waals surface area contributed by atoms with Gasteiger partial charge in [-0.2, -0.15) is 13.2 Å². The highest BCUT2D eigenvalue weighted by Crippen LogP contribution is 2.39. The summed E-state index contributed by atoms with van der Waals surface area (Å²) in [6.07, 6.45) is 5.72. The Bertz CT molecular complexity index is 990.